The lowest BCUT2D eigenvalue weighted by Gasteiger charge is -2.44. The molecule has 254 valence electrons. The van der Waals surface area contributed by atoms with Gasteiger partial charge in [0, 0.05) is 28.9 Å². The number of hydrogen-bond acceptors (Lipinski definition) is 4. The summed E-state index contributed by atoms with van der Waals surface area (Å²) in [5, 5.41) is 0. The van der Waals surface area contributed by atoms with Gasteiger partial charge in [-0.25, -0.2) is 0 Å². The van der Waals surface area contributed by atoms with Crippen LogP contribution in [0.15, 0.2) is 97.1 Å². The average Bonchev–Trinajstić information content (AvgIpc) is 3.11. The van der Waals surface area contributed by atoms with Gasteiger partial charge < -0.3 is 20.9 Å². The summed E-state index contributed by atoms with van der Waals surface area (Å²) in [6.45, 7) is 2.30. The van der Waals surface area contributed by atoms with Gasteiger partial charge in [0.25, 0.3) is 0 Å². The highest BCUT2D eigenvalue weighted by Crippen LogP contribution is 2.51. The molecule has 48 heavy (non-hydrogen) atoms. The molecular formula is C44H56N2O2. The molecule has 2 aliphatic carbocycles. The normalized spacial score (nSPS) is 19.5. The van der Waals surface area contributed by atoms with Crippen molar-refractivity contribution in [2.24, 2.45) is 17.8 Å². The lowest BCUT2D eigenvalue weighted by atomic mass is 9.60. The third-order valence-corrected chi connectivity index (χ3v) is 11.4. The zero-order valence-electron chi connectivity index (χ0n) is 29.0. The van der Waals surface area contributed by atoms with Crippen LogP contribution in [0.4, 0.5) is 11.4 Å². The fourth-order valence-electron chi connectivity index (χ4n) is 8.62. The molecule has 0 spiro atoms. The van der Waals surface area contributed by atoms with E-state index >= 15 is 0 Å². The summed E-state index contributed by atoms with van der Waals surface area (Å²) in [5.41, 5.74) is 16.1. The second-order valence-electron chi connectivity index (χ2n) is 14.7. The van der Waals surface area contributed by atoms with Crippen LogP contribution in [0.3, 0.4) is 0 Å². The first-order valence-corrected chi connectivity index (χ1v) is 18.8. The monoisotopic (exact) mass is 644 g/mol. The van der Waals surface area contributed by atoms with Gasteiger partial charge in [-0.05, 0) is 116 Å². The summed E-state index contributed by atoms with van der Waals surface area (Å²) >= 11 is 0. The predicted molar refractivity (Wildman–Crippen MR) is 201 cm³/mol. The van der Waals surface area contributed by atoms with Crippen LogP contribution in [0.25, 0.3) is 0 Å². The van der Waals surface area contributed by atoms with Crippen molar-refractivity contribution in [1.82, 2.24) is 0 Å². The predicted octanol–water partition coefficient (Wildman–Crippen LogP) is 12.5. The van der Waals surface area contributed by atoms with Crippen molar-refractivity contribution < 1.29 is 9.47 Å². The molecule has 0 aromatic heterocycles. The van der Waals surface area contributed by atoms with E-state index in [2.05, 4.69) is 55.5 Å². The van der Waals surface area contributed by atoms with Crippen LogP contribution in [0.1, 0.15) is 114 Å². The number of anilines is 2. The van der Waals surface area contributed by atoms with Crippen molar-refractivity contribution in [2.45, 2.75) is 109 Å². The number of benzene rings is 4. The average molecular weight is 645 g/mol. The molecule has 0 aliphatic heterocycles. The molecule has 6 rings (SSSR count). The minimum absolute atomic E-state index is 0.0309. The summed E-state index contributed by atoms with van der Waals surface area (Å²) in [6.07, 6.45) is 20.6. The molecular weight excluding hydrogens is 588 g/mol. The maximum Gasteiger partial charge on any atom is 0.129 e. The molecule has 0 amide bonds. The van der Waals surface area contributed by atoms with Gasteiger partial charge in [-0.15, -0.1) is 0 Å². The summed E-state index contributed by atoms with van der Waals surface area (Å²) in [7, 11) is 0. The molecule has 4 aromatic rings. The van der Waals surface area contributed by atoms with E-state index < -0.39 is 0 Å². The number of nitrogen functional groups attached to an aromatic ring is 2. The van der Waals surface area contributed by atoms with Gasteiger partial charge in [-0.3, -0.25) is 0 Å². The molecule has 2 fully saturated rings. The fourth-order valence-corrected chi connectivity index (χ4v) is 8.62. The minimum atomic E-state index is -0.0309. The number of nitrogens with two attached hydrogens (primary N) is 2. The Morgan fingerprint density at radius 2 is 1.02 bits per heavy atom. The Labute approximate surface area is 289 Å². The smallest absolute Gasteiger partial charge is 0.129 e. The third-order valence-electron chi connectivity index (χ3n) is 11.4. The molecule has 4 aromatic carbocycles. The first-order valence-electron chi connectivity index (χ1n) is 18.8. The van der Waals surface area contributed by atoms with Gasteiger partial charge in [-0.1, -0.05) is 101 Å². The summed E-state index contributed by atoms with van der Waals surface area (Å²) < 4.78 is 12.3. The Hall–Kier alpha value is -3.92. The van der Waals surface area contributed by atoms with Crippen LogP contribution in [0.2, 0.25) is 0 Å². The van der Waals surface area contributed by atoms with E-state index in [1.165, 1.54) is 107 Å². The van der Waals surface area contributed by atoms with E-state index in [9.17, 15) is 0 Å². The van der Waals surface area contributed by atoms with Gasteiger partial charge in [-0.2, -0.15) is 0 Å². The molecule has 0 unspecified atom stereocenters. The van der Waals surface area contributed by atoms with Crippen molar-refractivity contribution in [2.75, 3.05) is 11.5 Å². The van der Waals surface area contributed by atoms with E-state index in [4.69, 9.17) is 20.9 Å². The Morgan fingerprint density at radius 1 is 0.542 bits per heavy atom. The fraction of sp³-hybridized carbons (Fsp3) is 0.455. The van der Waals surface area contributed by atoms with E-state index in [1.54, 1.807) is 0 Å². The first kappa shape index (κ1) is 34.0. The molecule has 0 saturated heterocycles. The standard InChI is InChI=1S/C44H56N2O2/c1-2-3-4-5-6-7-10-33-15-17-34(18-16-33)35-27-29-44(30-28-35,36-19-23-40(24-20-36)47-42-13-8-11-38(45)31-42)37-21-25-41(26-22-37)48-43-14-9-12-39(46)32-43/h8-9,11-14,19-26,31-35H,2-7,10,15-18,27-30,45-46H2,1H3. The Kier molecular flexibility index (Phi) is 11.6. The molecule has 4 heteroatoms. The van der Waals surface area contributed by atoms with Crippen molar-refractivity contribution >= 4 is 11.4 Å². The van der Waals surface area contributed by atoms with Crippen molar-refractivity contribution in [3.63, 3.8) is 0 Å². The minimum Gasteiger partial charge on any atom is -0.457 e. The van der Waals surface area contributed by atoms with E-state index in [0.29, 0.717) is 11.4 Å². The van der Waals surface area contributed by atoms with Gasteiger partial charge in [0.15, 0.2) is 0 Å². The highest BCUT2D eigenvalue weighted by molar-refractivity contribution is 5.48. The SMILES string of the molecule is CCCCCCCCC1CCC(C2CCC(c3ccc(Oc4cccc(N)c4)cc3)(c3ccc(Oc4cccc(N)c4)cc3)CC2)CC1. The van der Waals surface area contributed by atoms with E-state index in [1.807, 2.05) is 48.5 Å². The van der Waals surface area contributed by atoms with Gasteiger partial charge >= 0.3 is 0 Å². The zero-order valence-corrected chi connectivity index (χ0v) is 29.0. The highest BCUT2D eigenvalue weighted by Gasteiger charge is 2.41. The molecule has 4 N–H and O–H groups in total. The first-order chi connectivity index (χ1) is 23.5. The van der Waals surface area contributed by atoms with Crippen LogP contribution >= 0.6 is 0 Å². The van der Waals surface area contributed by atoms with Crippen molar-refractivity contribution in [3.05, 3.63) is 108 Å². The molecule has 0 bridgehead atoms. The molecule has 0 atom stereocenters. The largest absolute Gasteiger partial charge is 0.457 e. The van der Waals surface area contributed by atoms with E-state index in [-0.39, 0.29) is 5.41 Å². The maximum absolute atomic E-state index is 6.17. The second kappa shape index (κ2) is 16.5. The second-order valence-corrected chi connectivity index (χ2v) is 14.7. The van der Waals surface area contributed by atoms with Crippen LogP contribution in [0, 0.1) is 17.8 Å². The molecule has 2 aliphatic rings. The number of ether oxygens (including phenoxy) is 2. The summed E-state index contributed by atoms with van der Waals surface area (Å²) in [6, 6.07) is 32.9. The molecule has 4 nitrogen and oxygen atoms in total. The molecule has 0 heterocycles. The number of unbranched alkanes of at least 4 members (excludes halogenated alkanes) is 5. The summed E-state index contributed by atoms with van der Waals surface area (Å²) in [5.74, 6) is 5.88. The Balaban J connectivity index is 1.13. The summed E-state index contributed by atoms with van der Waals surface area (Å²) in [4.78, 5) is 0. The van der Waals surface area contributed by atoms with Crippen molar-refractivity contribution in [3.8, 4) is 23.0 Å². The third kappa shape index (κ3) is 8.75. The van der Waals surface area contributed by atoms with Gasteiger partial charge in [0.05, 0.1) is 0 Å². The van der Waals surface area contributed by atoms with Crippen molar-refractivity contribution in [1.29, 1.82) is 0 Å². The van der Waals surface area contributed by atoms with E-state index in [0.717, 1.165) is 40.8 Å². The topological polar surface area (TPSA) is 70.5 Å². The molecule has 0 radical (unpaired) electrons. The van der Waals surface area contributed by atoms with Crippen LogP contribution in [-0.4, -0.2) is 0 Å². The maximum atomic E-state index is 6.17. The molecule has 2 saturated carbocycles. The zero-order chi connectivity index (χ0) is 33.2. The van der Waals surface area contributed by atoms with Crippen LogP contribution in [0.5, 0.6) is 23.0 Å². The van der Waals surface area contributed by atoms with Gasteiger partial charge in [0.1, 0.15) is 23.0 Å². The van der Waals surface area contributed by atoms with Crippen LogP contribution < -0.4 is 20.9 Å². The quantitative estimate of drug-likeness (QED) is 0.106. The highest BCUT2D eigenvalue weighted by atomic mass is 16.5. The number of hydrogen-bond donors (Lipinski definition) is 2. The van der Waals surface area contributed by atoms with Crippen LogP contribution in [-0.2, 0) is 5.41 Å². The Morgan fingerprint density at radius 3 is 1.52 bits per heavy atom. The Bertz CT molecular complexity index is 1450. The lowest BCUT2D eigenvalue weighted by Crippen LogP contribution is -2.35. The number of rotatable bonds is 14. The van der Waals surface area contributed by atoms with Gasteiger partial charge in [0.2, 0.25) is 0 Å². The lowest BCUT2D eigenvalue weighted by molar-refractivity contribution is 0.140.